The summed E-state index contributed by atoms with van der Waals surface area (Å²) in [4.78, 5) is 32.6. The molecule has 0 aliphatic carbocycles. The fourth-order valence-corrected chi connectivity index (χ4v) is 3.82. The SMILES string of the molecule is CC(C)(C)/C(O)=C/C(N)=NC(=O)C1CCCN(C(=O)N2CCSCC2)C1. The average Bonchev–Trinajstić information content (AvgIpc) is 2.61. The third-order valence-corrected chi connectivity index (χ3v) is 5.56. The molecule has 0 radical (unpaired) electrons. The van der Waals surface area contributed by atoms with Gasteiger partial charge in [0.15, 0.2) is 0 Å². The number of amides is 3. The van der Waals surface area contributed by atoms with Gasteiger partial charge in [0.1, 0.15) is 11.6 Å². The van der Waals surface area contributed by atoms with E-state index in [-0.39, 0.29) is 29.5 Å². The number of hydrogen-bond acceptors (Lipinski definition) is 4. The first kappa shape index (κ1) is 20.6. The first-order chi connectivity index (χ1) is 12.2. The topological polar surface area (TPSA) is 99.2 Å². The van der Waals surface area contributed by atoms with Crippen LogP contribution in [-0.4, -0.2) is 70.4 Å². The minimum Gasteiger partial charge on any atom is -0.512 e. The number of amidine groups is 1. The number of aliphatic imine (C=N–C) groups is 1. The number of hydrogen-bond donors (Lipinski definition) is 2. The zero-order valence-corrected chi connectivity index (χ0v) is 16.7. The maximum Gasteiger partial charge on any atom is 0.320 e. The second-order valence-corrected chi connectivity index (χ2v) is 9.05. The quantitative estimate of drug-likeness (QED) is 0.433. The van der Waals surface area contributed by atoms with Crippen LogP contribution in [0.2, 0.25) is 0 Å². The molecule has 2 aliphatic rings. The summed E-state index contributed by atoms with van der Waals surface area (Å²) in [6.07, 6.45) is 2.81. The number of thioether (sulfide) groups is 1. The van der Waals surface area contributed by atoms with Crippen molar-refractivity contribution in [2.24, 2.45) is 22.1 Å². The molecule has 0 saturated carbocycles. The normalized spacial score (nSPS) is 23.1. The highest BCUT2D eigenvalue weighted by Crippen LogP contribution is 2.23. The average molecular weight is 383 g/mol. The number of urea groups is 1. The molecule has 1 unspecified atom stereocenters. The van der Waals surface area contributed by atoms with E-state index in [1.807, 2.05) is 37.4 Å². The maximum absolute atomic E-state index is 12.6. The van der Waals surface area contributed by atoms with Gasteiger partial charge in [-0.1, -0.05) is 20.8 Å². The van der Waals surface area contributed by atoms with Crippen LogP contribution < -0.4 is 5.73 Å². The van der Waals surface area contributed by atoms with Gasteiger partial charge in [0, 0.05) is 49.2 Å². The highest BCUT2D eigenvalue weighted by molar-refractivity contribution is 7.99. The molecule has 0 aromatic rings. The first-order valence-electron chi connectivity index (χ1n) is 9.09. The van der Waals surface area contributed by atoms with E-state index in [2.05, 4.69) is 4.99 Å². The summed E-state index contributed by atoms with van der Waals surface area (Å²) in [5, 5.41) is 9.97. The van der Waals surface area contributed by atoms with Gasteiger partial charge in [0.25, 0.3) is 5.91 Å². The van der Waals surface area contributed by atoms with Gasteiger partial charge in [-0.2, -0.15) is 16.8 Å². The first-order valence-corrected chi connectivity index (χ1v) is 10.2. The molecule has 8 heteroatoms. The molecule has 146 valence electrons. The van der Waals surface area contributed by atoms with Crippen LogP contribution in [0.25, 0.3) is 0 Å². The molecule has 2 fully saturated rings. The van der Waals surface area contributed by atoms with Gasteiger partial charge in [-0.05, 0) is 12.8 Å². The molecule has 7 nitrogen and oxygen atoms in total. The van der Waals surface area contributed by atoms with Crippen molar-refractivity contribution in [3.8, 4) is 0 Å². The van der Waals surface area contributed by atoms with Crippen molar-refractivity contribution in [1.82, 2.24) is 9.80 Å². The summed E-state index contributed by atoms with van der Waals surface area (Å²) in [7, 11) is 0. The number of likely N-dealkylation sites (tertiary alicyclic amines) is 1. The number of nitrogens with zero attached hydrogens (tertiary/aromatic N) is 3. The molecule has 26 heavy (non-hydrogen) atoms. The van der Waals surface area contributed by atoms with Crippen LogP contribution in [-0.2, 0) is 4.79 Å². The fourth-order valence-electron chi connectivity index (χ4n) is 2.91. The van der Waals surface area contributed by atoms with Crippen molar-refractivity contribution < 1.29 is 14.7 Å². The van der Waals surface area contributed by atoms with Gasteiger partial charge in [-0.15, -0.1) is 0 Å². The molecule has 0 bridgehead atoms. The lowest BCUT2D eigenvalue weighted by Gasteiger charge is -2.36. The highest BCUT2D eigenvalue weighted by atomic mass is 32.2. The van der Waals surface area contributed by atoms with Gasteiger partial charge >= 0.3 is 6.03 Å². The van der Waals surface area contributed by atoms with Gasteiger partial charge in [0.05, 0.1) is 5.92 Å². The Labute approximate surface area is 159 Å². The summed E-state index contributed by atoms with van der Waals surface area (Å²) in [5.41, 5.74) is 5.34. The van der Waals surface area contributed by atoms with Crippen molar-refractivity contribution >= 4 is 29.5 Å². The van der Waals surface area contributed by atoms with Crippen LogP contribution in [0.3, 0.4) is 0 Å². The predicted octanol–water partition coefficient (Wildman–Crippen LogP) is 2.24. The predicted molar refractivity (Wildman–Crippen MR) is 105 cm³/mol. The van der Waals surface area contributed by atoms with Crippen LogP contribution in [0.1, 0.15) is 33.6 Å². The molecular weight excluding hydrogens is 352 g/mol. The Hall–Kier alpha value is -1.70. The molecule has 3 amide bonds. The van der Waals surface area contributed by atoms with Gasteiger partial charge in [0.2, 0.25) is 0 Å². The Bertz CT molecular complexity index is 592. The van der Waals surface area contributed by atoms with E-state index in [0.717, 1.165) is 31.0 Å². The standard InChI is InChI=1S/C18H30N4O3S/c1-18(2,3)14(23)11-15(19)20-16(24)13-5-4-6-22(12-13)17(25)21-7-9-26-10-8-21/h11,13,23H,4-10,12H2,1-3H3,(H2,19,20,24)/b14-11-. The number of carbonyl (C=O) groups is 2. The van der Waals surface area contributed by atoms with E-state index in [4.69, 9.17) is 5.73 Å². The van der Waals surface area contributed by atoms with Crippen LogP contribution in [0.5, 0.6) is 0 Å². The number of nitrogens with two attached hydrogens (primary N) is 1. The van der Waals surface area contributed by atoms with Crippen LogP contribution in [0.4, 0.5) is 4.79 Å². The molecule has 3 N–H and O–H groups in total. The van der Waals surface area contributed by atoms with Crippen LogP contribution >= 0.6 is 11.8 Å². The number of piperidine rings is 1. The second kappa shape index (κ2) is 8.79. The summed E-state index contributed by atoms with van der Waals surface area (Å²) < 4.78 is 0. The van der Waals surface area contributed by atoms with Crippen molar-refractivity contribution in [1.29, 1.82) is 0 Å². The molecule has 2 saturated heterocycles. The lowest BCUT2D eigenvalue weighted by Crippen LogP contribution is -2.50. The molecule has 0 aromatic carbocycles. The van der Waals surface area contributed by atoms with E-state index in [1.54, 1.807) is 4.90 Å². The van der Waals surface area contributed by atoms with E-state index in [9.17, 15) is 14.7 Å². The number of aliphatic hydroxyl groups is 1. The van der Waals surface area contributed by atoms with E-state index in [0.29, 0.717) is 19.5 Å². The Morgan fingerprint density at radius 3 is 2.46 bits per heavy atom. The zero-order valence-electron chi connectivity index (χ0n) is 15.9. The zero-order chi connectivity index (χ0) is 19.3. The molecule has 0 spiro atoms. The molecule has 0 aromatic heterocycles. The van der Waals surface area contributed by atoms with Crippen LogP contribution in [0.15, 0.2) is 16.8 Å². The summed E-state index contributed by atoms with van der Waals surface area (Å²) in [6.45, 7) is 8.12. The number of rotatable bonds is 2. The number of aliphatic hydroxyl groups excluding tert-OH is 1. The monoisotopic (exact) mass is 382 g/mol. The minimum absolute atomic E-state index is 0.000990. The maximum atomic E-state index is 12.6. The fraction of sp³-hybridized carbons (Fsp3) is 0.722. The number of carbonyl (C=O) groups excluding carboxylic acids is 2. The van der Waals surface area contributed by atoms with Gasteiger partial charge in [-0.3, -0.25) is 4.79 Å². The summed E-state index contributed by atoms with van der Waals surface area (Å²) in [5.74, 6) is 1.34. The molecule has 2 aliphatic heterocycles. The van der Waals surface area contributed by atoms with Crippen molar-refractivity contribution in [2.45, 2.75) is 33.6 Å². The molecular formula is C18H30N4O3S. The summed E-state index contributed by atoms with van der Waals surface area (Å²) >= 11 is 1.86. The Kier molecular flexibility index (Phi) is 6.97. The minimum atomic E-state index is -0.454. The van der Waals surface area contributed by atoms with Crippen molar-refractivity contribution in [2.75, 3.05) is 37.7 Å². The third-order valence-electron chi connectivity index (χ3n) is 4.62. The number of allylic oxidation sites excluding steroid dienone is 1. The molecule has 1 atom stereocenters. The smallest absolute Gasteiger partial charge is 0.320 e. The van der Waals surface area contributed by atoms with Gasteiger partial charge < -0.3 is 20.6 Å². The second-order valence-electron chi connectivity index (χ2n) is 7.82. The molecule has 2 rings (SSSR count). The Morgan fingerprint density at radius 1 is 1.19 bits per heavy atom. The van der Waals surface area contributed by atoms with E-state index >= 15 is 0 Å². The van der Waals surface area contributed by atoms with Gasteiger partial charge in [-0.25, -0.2) is 4.79 Å². The van der Waals surface area contributed by atoms with E-state index < -0.39 is 5.41 Å². The highest BCUT2D eigenvalue weighted by Gasteiger charge is 2.31. The van der Waals surface area contributed by atoms with E-state index in [1.165, 1.54) is 6.08 Å². The molecule has 2 heterocycles. The summed E-state index contributed by atoms with van der Waals surface area (Å²) in [6, 6.07) is 0.0185. The largest absolute Gasteiger partial charge is 0.512 e. The third kappa shape index (κ3) is 5.65. The lowest BCUT2D eigenvalue weighted by molar-refractivity contribution is -0.122. The Balaban J connectivity index is 1.98. The lowest BCUT2D eigenvalue weighted by atomic mass is 9.93. The van der Waals surface area contributed by atoms with Crippen molar-refractivity contribution in [3.63, 3.8) is 0 Å². The Morgan fingerprint density at radius 2 is 1.85 bits per heavy atom. The van der Waals surface area contributed by atoms with Crippen molar-refractivity contribution in [3.05, 3.63) is 11.8 Å². The van der Waals surface area contributed by atoms with Crippen LogP contribution in [0, 0.1) is 11.3 Å².